The highest BCUT2D eigenvalue weighted by Crippen LogP contribution is 2.27. The predicted molar refractivity (Wildman–Crippen MR) is 77.6 cm³/mol. The summed E-state index contributed by atoms with van der Waals surface area (Å²) >= 11 is 0. The van der Waals surface area contributed by atoms with Crippen LogP contribution in [0, 0.1) is 17.0 Å². The summed E-state index contributed by atoms with van der Waals surface area (Å²) in [6.45, 7) is 1.59. The molecule has 2 heterocycles. The molecule has 0 saturated heterocycles. The Hall–Kier alpha value is -3.03. The number of benzene rings is 1. The number of nitro groups is 1. The van der Waals surface area contributed by atoms with Gasteiger partial charge in [-0.25, -0.2) is 9.97 Å². The van der Waals surface area contributed by atoms with E-state index in [1.165, 1.54) is 6.33 Å². The van der Waals surface area contributed by atoms with Crippen LogP contribution in [0.2, 0.25) is 0 Å². The lowest BCUT2D eigenvalue weighted by Crippen LogP contribution is -2.09. The Bertz CT molecular complexity index is 842. The molecule has 0 amide bonds. The van der Waals surface area contributed by atoms with Crippen molar-refractivity contribution in [2.75, 3.05) is 12.4 Å². The van der Waals surface area contributed by atoms with Crippen LogP contribution in [0.1, 0.15) is 5.69 Å². The van der Waals surface area contributed by atoms with E-state index < -0.39 is 4.92 Å². The molecule has 21 heavy (non-hydrogen) atoms. The van der Waals surface area contributed by atoms with Gasteiger partial charge in [0.2, 0.25) is 11.8 Å². The van der Waals surface area contributed by atoms with Gasteiger partial charge in [-0.3, -0.25) is 14.7 Å². The first kappa shape index (κ1) is 13.0. The molecule has 3 aromatic rings. The fourth-order valence-corrected chi connectivity index (χ4v) is 2.17. The molecule has 0 saturated carbocycles. The minimum Gasteiger partial charge on any atom is -0.357 e. The molecular weight excluding hydrogens is 272 g/mol. The van der Waals surface area contributed by atoms with Gasteiger partial charge in [0.05, 0.1) is 16.0 Å². The van der Waals surface area contributed by atoms with E-state index in [2.05, 4.69) is 20.3 Å². The lowest BCUT2D eigenvalue weighted by Gasteiger charge is -2.08. The second-order valence-electron chi connectivity index (χ2n) is 4.42. The first-order valence-corrected chi connectivity index (χ1v) is 6.25. The molecule has 0 aliphatic rings. The molecular formula is C13H12N6O2. The Balaban J connectivity index is 2.35. The SMILES string of the molecule is CNc1nc(C)c([N+](=O)[O-])c(-n2cnc3ccccc32)n1. The lowest BCUT2D eigenvalue weighted by atomic mass is 10.3. The molecule has 106 valence electrons. The topological polar surface area (TPSA) is 98.8 Å². The number of hydrogen-bond acceptors (Lipinski definition) is 6. The summed E-state index contributed by atoms with van der Waals surface area (Å²) in [4.78, 5) is 23.4. The minimum absolute atomic E-state index is 0.128. The summed E-state index contributed by atoms with van der Waals surface area (Å²) in [5.41, 5.74) is 1.67. The molecule has 0 atom stereocenters. The molecule has 8 nitrogen and oxygen atoms in total. The van der Waals surface area contributed by atoms with Crippen LogP contribution in [0.3, 0.4) is 0 Å². The average molecular weight is 284 g/mol. The second kappa shape index (κ2) is 4.82. The first-order valence-electron chi connectivity index (χ1n) is 6.25. The molecule has 0 fully saturated rings. The molecule has 0 radical (unpaired) electrons. The van der Waals surface area contributed by atoms with Crippen molar-refractivity contribution in [2.45, 2.75) is 6.92 Å². The Kier molecular flexibility index (Phi) is 2.98. The normalized spacial score (nSPS) is 10.8. The summed E-state index contributed by atoms with van der Waals surface area (Å²) in [6, 6.07) is 7.38. The first-order chi connectivity index (χ1) is 10.1. The summed E-state index contributed by atoms with van der Waals surface area (Å²) in [5, 5.41) is 14.2. The Labute approximate surface area is 119 Å². The summed E-state index contributed by atoms with van der Waals surface area (Å²) in [7, 11) is 1.66. The number of rotatable bonds is 3. The zero-order valence-corrected chi connectivity index (χ0v) is 11.4. The van der Waals surface area contributed by atoms with Gasteiger partial charge in [-0.05, 0) is 19.1 Å². The average Bonchev–Trinajstić information content (AvgIpc) is 2.89. The second-order valence-corrected chi connectivity index (χ2v) is 4.42. The van der Waals surface area contributed by atoms with Gasteiger partial charge in [-0.1, -0.05) is 12.1 Å². The maximum atomic E-state index is 11.3. The molecule has 1 aromatic carbocycles. The number of para-hydroxylation sites is 2. The van der Waals surface area contributed by atoms with Crippen LogP contribution in [0.4, 0.5) is 11.6 Å². The molecule has 0 unspecified atom stereocenters. The van der Waals surface area contributed by atoms with Crippen molar-refractivity contribution in [3.63, 3.8) is 0 Å². The van der Waals surface area contributed by atoms with Gasteiger partial charge in [-0.2, -0.15) is 4.98 Å². The van der Waals surface area contributed by atoms with Gasteiger partial charge in [0.15, 0.2) is 0 Å². The van der Waals surface area contributed by atoms with E-state index in [4.69, 9.17) is 0 Å². The molecule has 0 spiro atoms. The van der Waals surface area contributed by atoms with Crippen LogP contribution >= 0.6 is 0 Å². The van der Waals surface area contributed by atoms with Gasteiger partial charge in [0.25, 0.3) is 0 Å². The smallest absolute Gasteiger partial charge is 0.333 e. The third-order valence-electron chi connectivity index (χ3n) is 3.13. The number of anilines is 1. The lowest BCUT2D eigenvalue weighted by molar-refractivity contribution is -0.385. The number of aromatic nitrogens is 4. The Morgan fingerprint density at radius 1 is 1.29 bits per heavy atom. The van der Waals surface area contributed by atoms with E-state index in [1.54, 1.807) is 18.5 Å². The quantitative estimate of drug-likeness (QED) is 0.584. The Morgan fingerprint density at radius 3 is 2.76 bits per heavy atom. The number of fused-ring (bicyclic) bond motifs is 1. The van der Waals surface area contributed by atoms with Crippen molar-refractivity contribution in [3.05, 3.63) is 46.4 Å². The largest absolute Gasteiger partial charge is 0.357 e. The fourth-order valence-electron chi connectivity index (χ4n) is 2.17. The van der Waals surface area contributed by atoms with Crippen molar-refractivity contribution < 1.29 is 4.92 Å². The number of hydrogen-bond donors (Lipinski definition) is 1. The third kappa shape index (κ3) is 2.06. The van der Waals surface area contributed by atoms with Crippen molar-refractivity contribution >= 4 is 22.7 Å². The number of imidazole rings is 1. The van der Waals surface area contributed by atoms with E-state index in [-0.39, 0.29) is 11.5 Å². The van der Waals surface area contributed by atoms with Crippen molar-refractivity contribution in [3.8, 4) is 5.82 Å². The summed E-state index contributed by atoms with van der Waals surface area (Å²) < 4.78 is 1.60. The highest BCUT2D eigenvalue weighted by Gasteiger charge is 2.24. The van der Waals surface area contributed by atoms with Crippen LogP contribution in [0.15, 0.2) is 30.6 Å². The van der Waals surface area contributed by atoms with Gasteiger partial charge in [-0.15, -0.1) is 0 Å². The molecule has 1 N–H and O–H groups in total. The molecule has 8 heteroatoms. The summed E-state index contributed by atoms with van der Waals surface area (Å²) in [5.74, 6) is 0.524. The number of nitrogens with zero attached hydrogens (tertiary/aromatic N) is 5. The van der Waals surface area contributed by atoms with E-state index >= 15 is 0 Å². The van der Waals surface area contributed by atoms with E-state index in [0.717, 1.165) is 11.0 Å². The highest BCUT2D eigenvalue weighted by atomic mass is 16.6. The van der Waals surface area contributed by atoms with Gasteiger partial charge >= 0.3 is 5.69 Å². The van der Waals surface area contributed by atoms with E-state index in [9.17, 15) is 10.1 Å². The van der Waals surface area contributed by atoms with E-state index in [1.807, 2.05) is 24.3 Å². The molecule has 0 aliphatic heterocycles. The third-order valence-corrected chi connectivity index (χ3v) is 3.13. The van der Waals surface area contributed by atoms with Gasteiger partial charge in [0, 0.05) is 7.05 Å². The van der Waals surface area contributed by atoms with Crippen molar-refractivity contribution in [1.82, 2.24) is 19.5 Å². The monoisotopic (exact) mass is 284 g/mol. The molecule has 3 rings (SSSR count). The number of nitrogens with one attached hydrogen (secondary N) is 1. The van der Waals surface area contributed by atoms with Crippen molar-refractivity contribution in [2.24, 2.45) is 0 Å². The molecule has 2 aromatic heterocycles. The maximum Gasteiger partial charge on any atom is 0.333 e. The highest BCUT2D eigenvalue weighted by molar-refractivity contribution is 5.78. The zero-order chi connectivity index (χ0) is 15.0. The van der Waals surface area contributed by atoms with Gasteiger partial charge < -0.3 is 5.32 Å². The maximum absolute atomic E-state index is 11.3. The Morgan fingerprint density at radius 2 is 2.05 bits per heavy atom. The zero-order valence-electron chi connectivity index (χ0n) is 11.4. The number of aryl methyl sites for hydroxylation is 1. The van der Waals surface area contributed by atoms with Crippen LogP contribution in [-0.2, 0) is 0 Å². The van der Waals surface area contributed by atoms with Crippen LogP contribution in [0.5, 0.6) is 0 Å². The molecule has 0 aliphatic carbocycles. The molecule has 0 bridgehead atoms. The van der Waals surface area contributed by atoms with Crippen LogP contribution < -0.4 is 5.32 Å². The standard InChI is InChI=1S/C13H12N6O2/c1-8-11(19(20)21)12(17-13(14-2)16-8)18-7-15-9-5-3-4-6-10(9)18/h3-7H,1-2H3,(H,14,16,17). The van der Waals surface area contributed by atoms with Gasteiger partial charge in [0.1, 0.15) is 12.0 Å². The van der Waals surface area contributed by atoms with Crippen LogP contribution in [0.25, 0.3) is 16.9 Å². The van der Waals surface area contributed by atoms with Crippen LogP contribution in [-0.4, -0.2) is 31.5 Å². The summed E-state index contributed by atoms with van der Waals surface area (Å²) in [6.07, 6.45) is 1.53. The fraction of sp³-hybridized carbons (Fsp3) is 0.154. The minimum atomic E-state index is -0.473. The van der Waals surface area contributed by atoms with Crippen molar-refractivity contribution in [1.29, 1.82) is 0 Å². The predicted octanol–water partition coefficient (Wildman–Crippen LogP) is 2.07. The van der Waals surface area contributed by atoms with E-state index in [0.29, 0.717) is 11.6 Å².